The van der Waals surface area contributed by atoms with E-state index in [1.54, 1.807) is 20.8 Å². The van der Waals surface area contributed by atoms with Crippen LogP contribution in [0, 0.1) is 42.4 Å². The third-order valence-electron chi connectivity index (χ3n) is 8.23. The molecule has 35 heavy (non-hydrogen) atoms. The summed E-state index contributed by atoms with van der Waals surface area (Å²) in [5.74, 6) is -9.91. The van der Waals surface area contributed by atoms with Crippen LogP contribution in [0.1, 0.15) is 61.2 Å². The highest BCUT2D eigenvalue weighted by atomic mass is 16.3. The molecule has 186 valence electrons. The number of benzene rings is 1. The number of aryl methyl sites for hydroxylation is 1. The number of Topliss-reactive ketones (excluding diaryl/α,β-unsaturated/α-hetero) is 5. The number of ketones is 5. The molecule has 1 aromatic rings. The van der Waals surface area contributed by atoms with Crippen molar-refractivity contribution in [1.29, 1.82) is 0 Å². The zero-order chi connectivity index (χ0) is 26.1. The summed E-state index contributed by atoms with van der Waals surface area (Å²) in [7, 11) is 0. The van der Waals surface area contributed by atoms with Gasteiger partial charge in [0.2, 0.25) is 0 Å². The predicted molar refractivity (Wildman–Crippen MR) is 127 cm³/mol. The largest absolute Gasteiger partial charge is 0.507 e. The Bertz CT molecular complexity index is 1210. The zero-order valence-electron chi connectivity index (χ0n) is 20.8. The lowest BCUT2D eigenvalue weighted by molar-refractivity contribution is -0.182. The van der Waals surface area contributed by atoms with Gasteiger partial charge in [0.15, 0.2) is 28.7 Å². The van der Waals surface area contributed by atoms with E-state index in [0.29, 0.717) is 24.0 Å². The summed E-state index contributed by atoms with van der Waals surface area (Å²) in [6.45, 7) is 12.1. The summed E-state index contributed by atoms with van der Waals surface area (Å²) in [5.41, 5.74) is 0.236. The van der Waals surface area contributed by atoms with Crippen LogP contribution in [0.5, 0.6) is 5.75 Å². The van der Waals surface area contributed by atoms with Crippen molar-refractivity contribution >= 4 is 28.9 Å². The fraction of sp³-hybridized carbons (Fsp3) is 0.536. The van der Waals surface area contributed by atoms with Crippen LogP contribution in [0.2, 0.25) is 0 Å². The second-order valence-electron chi connectivity index (χ2n) is 11.0. The number of phenols is 1. The zero-order valence-corrected chi connectivity index (χ0v) is 20.8. The number of allylic oxidation sites excluding steroid dienone is 1. The number of rotatable bonds is 4. The first-order valence-corrected chi connectivity index (χ1v) is 12.1. The highest BCUT2D eigenvalue weighted by Crippen LogP contribution is 2.53. The Balaban J connectivity index is 1.87. The van der Waals surface area contributed by atoms with Crippen LogP contribution in [-0.4, -0.2) is 44.7 Å². The van der Waals surface area contributed by atoms with E-state index in [4.69, 9.17) is 0 Å². The molecule has 0 bridgehead atoms. The van der Waals surface area contributed by atoms with Crippen molar-refractivity contribution in [2.24, 2.45) is 35.5 Å². The monoisotopic (exact) mass is 480 g/mol. The van der Waals surface area contributed by atoms with Crippen LogP contribution in [0.25, 0.3) is 0 Å². The minimum Gasteiger partial charge on any atom is -0.507 e. The van der Waals surface area contributed by atoms with Crippen LogP contribution in [0.15, 0.2) is 18.2 Å². The number of aliphatic hydroxyl groups is 1. The number of fused-ring (bicyclic) bond motifs is 3. The summed E-state index contributed by atoms with van der Waals surface area (Å²) in [4.78, 5) is 66.4. The molecule has 4 rings (SSSR count). The molecule has 0 radical (unpaired) electrons. The average Bonchev–Trinajstić information content (AvgIpc) is 2.73. The fourth-order valence-electron chi connectivity index (χ4n) is 6.75. The first-order valence-electron chi connectivity index (χ1n) is 12.1. The molecule has 0 heterocycles. The molecule has 0 amide bonds. The Morgan fingerprint density at radius 2 is 1.80 bits per heavy atom. The molecule has 0 spiro atoms. The number of hydrogen-bond donors (Lipinski definition) is 2. The van der Waals surface area contributed by atoms with E-state index < -0.39 is 64.1 Å². The first kappa shape index (κ1) is 25.2. The van der Waals surface area contributed by atoms with Crippen LogP contribution in [0.4, 0.5) is 0 Å². The molecule has 2 N–H and O–H groups in total. The second kappa shape index (κ2) is 8.33. The third-order valence-corrected chi connectivity index (χ3v) is 8.23. The van der Waals surface area contributed by atoms with Crippen molar-refractivity contribution < 1.29 is 34.2 Å². The van der Waals surface area contributed by atoms with E-state index in [0.717, 1.165) is 18.1 Å². The minimum absolute atomic E-state index is 0.0563. The quantitative estimate of drug-likeness (QED) is 0.501. The van der Waals surface area contributed by atoms with Crippen LogP contribution >= 0.6 is 0 Å². The van der Waals surface area contributed by atoms with Gasteiger partial charge in [0.25, 0.3) is 0 Å². The summed E-state index contributed by atoms with van der Waals surface area (Å²) in [5, 5.41) is 22.6. The smallest absolute Gasteiger partial charge is 0.190 e. The normalized spacial score (nSPS) is 32.3. The van der Waals surface area contributed by atoms with E-state index in [1.165, 1.54) is 0 Å². The topological polar surface area (TPSA) is 126 Å². The lowest BCUT2D eigenvalue weighted by Crippen LogP contribution is -2.70. The van der Waals surface area contributed by atoms with Gasteiger partial charge in [-0.15, -0.1) is 0 Å². The molecule has 3 aliphatic rings. The van der Waals surface area contributed by atoms with E-state index in [1.807, 2.05) is 13.0 Å². The van der Waals surface area contributed by atoms with Gasteiger partial charge < -0.3 is 10.2 Å². The van der Waals surface area contributed by atoms with E-state index in [2.05, 4.69) is 6.58 Å². The molecule has 5 unspecified atom stereocenters. The van der Waals surface area contributed by atoms with Crippen molar-refractivity contribution in [2.75, 3.05) is 0 Å². The Morgan fingerprint density at radius 3 is 2.34 bits per heavy atom. The van der Waals surface area contributed by atoms with Gasteiger partial charge in [-0.2, -0.15) is 0 Å². The van der Waals surface area contributed by atoms with Gasteiger partial charge in [0.05, 0.1) is 11.5 Å². The highest BCUT2D eigenvalue weighted by Gasteiger charge is 2.68. The minimum atomic E-state index is -2.59. The molecule has 0 aliphatic heterocycles. The predicted octanol–water partition coefficient (Wildman–Crippen LogP) is 2.74. The molecular weight excluding hydrogens is 448 g/mol. The van der Waals surface area contributed by atoms with Gasteiger partial charge in [-0.25, -0.2) is 0 Å². The summed E-state index contributed by atoms with van der Waals surface area (Å²) < 4.78 is 0. The first-order chi connectivity index (χ1) is 16.2. The summed E-state index contributed by atoms with van der Waals surface area (Å²) >= 11 is 0. The van der Waals surface area contributed by atoms with E-state index in [9.17, 15) is 34.2 Å². The molecule has 2 saturated carbocycles. The third kappa shape index (κ3) is 3.46. The number of phenolic OH excluding ortho intramolecular Hbond substituents is 1. The second-order valence-corrected chi connectivity index (χ2v) is 11.0. The van der Waals surface area contributed by atoms with Gasteiger partial charge in [0, 0.05) is 11.8 Å². The molecule has 6 atom stereocenters. The van der Waals surface area contributed by atoms with Crippen LogP contribution < -0.4 is 0 Å². The van der Waals surface area contributed by atoms with E-state index in [-0.39, 0.29) is 23.7 Å². The molecular formula is C28H32O7. The standard InChI is InChI=1S/C28H32O7/c1-11(2)7-16-8-13(5)17-9-15-10-18-19(12(3)4)24(31)20(14(6)29)26(33)28(18,35)27(34)21(15)25(32)22(17)23(16)30/h8,12,15,18-21,30,35H,1,7,9-10H2,2-6H3/t15?,18?,19?,20?,21?,28-/m0/s1. The Labute approximate surface area is 204 Å². The number of aromatic hydroxyl groups is 1. The molecule has 3 aliphatic carbocycles. The van der Waals surface area contributed by atoms with Gasteiger partial charge in [-0.3, -0.25) is 24.0 Å². The molecule has 2 fully saturated rings. The SMILES string of the molecule is C=C(C)Cc1cc(C)c2c(c1O)C(=O)C1C(=O)[C@@]3(O)C(=O)C(C(C)=O)C(=O)C(C(C)C)C3CC1C2. The molecule has 1 aromatic carbocycles. The fourth-order valence-corrected chi connectivity index (χ4v) is 6.75. The molecule has 7 heteroatoms. The van der Waals surface area contributed by atoms with Crippen molar-refractivity contribution in [1.82, 2.24) is 0 Å². The molecule has 0 saturated heterocycles. The summed E-state index contributed by atoms with van der Waals surface area (Å²) in [6, 6.07) is 1.82. The Kier molecular flexibility index (Phi) is 5.99. The van der Waals surface area contributed by atoms with Gasteiger partial charge in [0.1, 0.15) is 17.5 Å². The molecule has 0 aromatic heterocycles. The lowest BCUT2D eigenvalue weighted by atomic mass is 9.49. The van der Waals surface area contributed by atoms with Crippen molar-refractivity contribution in [3.8, 4) is 5.75 Å². The maximum atomic E-state index is 13.8. The lowest BCUT2D eigenvalue weighted by Gasteiger charge is -2.52. The number of carbonyl (C=O) groups excluding carboxylic acids is 5. The maximum Gasteiger partial charge on any atom is 0.190 e. The van der Waals surface area contributed by atoms with E-state index >= 15 is 0 Å². The molecule has 7 nitrogen and oxygen atoms in total. The average molecular weight is 481 g/mol. The number of hydrogen-bond acceptors (Lipinski definition) is 7. The van der Waals surface area contributed by atoms with Gasteiger partial charge in [-0.1, -0.05) is 32.1 Å². The van der Waals surface area contributed by atoms with Crippen LogP contribution in [0.3, 0.4) is 0 Å². The summed E-state index contributed by atoms with van der Waals surface area (Å²) in [6.07, 6.45) is 0.787. The Hall–Kier alpha value is -2.93. The van der Waals surface area contributed by atoms with Crippen molar-refractivity contribution in [3.05, 3.63) is 40.5 Å². The van der Waals surface area contributed by atoms with Crippen molar-refractivity contribution in [2.45, 2.75) is 59.5 Å². The van der Waals surface area contributed by atoms with Gasteiger partial charge >= 0.3 is 0 Å². The maximum absolute atomic E-state index is 13.8. The van der Waals surface area contributed by atoms with Crippen LogP contribution in [-0.2, 0) is 32.0 Å². The van der Waals surface area contributed by atoms with Gasteiger partial charge in [-0.05, 0) is 68.6 Å². The van der Waals surface area contributed by atoms with Crippen molar-refractivity contribution in [3.63, 3.8) is 0 Å². The Morgan fingerprint density at radius 1 is 1.17 bits per heavy atom. The number of carbonyl (C=O) groups is 5. The highest BCUT2D eigenvalue weighted by molar-refractivity contribution is 6.32.